The molecule has 2 aromatic rings. The Morgan fingerprint density at radius 1 is 1.04 bits per heavy atom. The van der Waals surface area contributed by atoms with E-state index in [0.717, 1.165) is 12.1 Å². The number of carbonyl (C=O) groups is 1. The average Bonchev–Trinajstić information content (AvgIpc) is 2.58. The summed E-state index contributed by atoms with van der Waals surface area (Å²) < 4.78 is 43.2. The molecule has 0 atom stereocenters. The molecule has 0 spiro atoms. The van der Waals surface area contributed by atoms with Crippen molar-refractivity contribution in [3.05, 3.63) is 67.3 Å². The van der Waals surface area contributed by atoms with Crippen LogP contribution in [0.25, 0.3) is 0 Å². The Balaban J connectivity index is 0.000000273. The molecule has 0 aromatic heterocycles. The molecule has 2 aromatic carbocycles. The highest BCUT2D eigenvalue weighted by Crippen LogP contribution is 2.32. The maximum absolute atomic E-state index is 12.4. The second-order valence-corrected chi connectivity index (χ2v) is 6.98. The minimum absolute atomic E-state index is 0.0467. The van der Waals surface area contributed by atoms with Gasteiger partial charge in [0.2, 0.25) is 0 Å². The van der Waals surface area contributed by atoms with Crippen LogP contribution in [-0.2, 0) is 10.9 Å². The first-order valence-corrected chi connectivity index (χ1v) is 9.14. The molecule has 0 aliphatic heterocycles. The normalized spacial score (nSPS) is 10.8. The predicted molar refractivity (Wildman–Crippen MR) is 106 cm³/mol. The van der Waals surface area contributed by atoms with Crippen LogP contribution in [0.3, 0.4) is 0 Å². The van der Waals surface area contributed by atoms with Crippen molar-refractivity contribution in [1.29, 1.82) is 0 Å². The molecule has 0 aliphatic rings. The van der Waals surface area contributed by atoms with E-state index in [4.69, 9.17) is 0 Å². The van der Waals surface area contributed by atoms with Gasteiger partial charge in [0.15, 0.2) is 0 Å². The van der Waals surface area contributed by atoms with Crippen LogP contribution >= 0.6 is 22.6 Å². The first-order valence-electron chi connectivity index (χ1n) is 8.06. The number of esters is 1. The van der Waals surface area contributed by atoms with Gasteiger partial charge in [-0.3, -0.25) is 0 Å². The van der Waals surface area contributed by atoms with Crippen LogP contribution in [0.4, 0.5) is 13.2 Å². The van der Waals surface area contributed by atoms with Crippen LogP contribution in [-0.4, -0.2) is 12.6 Å². The number of alkyl halides is 3. The van der Waals surface area contributed by atoms with Crippen LogP contribution in [0, 0.1) is 31.3 Å². The number of rotatable bonds is 2. The van der Waals surface area contributed by atoms with Gasteiger partial charge >= 0.3 is 12.1 Å². The van der Waals surface area contributed by atoms with E-state index in [1.54, 1.807) is 0 Å². The molecule has 0 heterocycles. The highest BCUT2D eigenvalue weighted by atomic mass is 127. The minimum Gasteiger partial charge on any atom is -0.462 e. The molecule has 0 aliphatic carbocycles. The van der Waals surface area contributed by atoms with Crippen LogP contribution in [0.5, 0.6) is 0 Å². The quantitative estimate of drug-likeness (QED) is 0.369. The van der Waals surface area contributed by atoms with Gasteiger partial charge in [0.1, 0.15) is 0 Å². The third kappa shape index (κ3) is 5.72. The van der Waals surface area contributed by atoms with Crippen molar-refractivity contribution in [2.75, 3.05) is 6.61 Å². The third-order valence-corrected chi connectivity index (χ3v) is 5.27. The molecule has 0 saturated heterocycles. The smallest absolute Gasteiger partial charge is 0.417 e. The second-order valence-electron chi connectivity index (χ2n) is 5.81. The molecule has 0 bridgehead atoms. The maximum atomic E-state index is 12.4. The highest BCUT2D eigenvalue weighted by molar-refractivity contribution is 14.1. The van der Waals surface area contributed by atoms with Gasteiger partial charge in [0.25, 0.3) is 0 Å². The molecule has 0 fully saturated rings. The predicted octanol–water partition coefficient (Wildman–Crippen LogP) is 6.41. The fourth-order valence-electron chi connectivity index (χ4n) is 2.28. The molecule has 142 valence electrons. The summed E-state index contributed by atoms with van der Waals surface area (Å²) in [6, 6.07) is 6.79. The molecule has 0 radical (unpaired) electrons. The third-order valence-electron chi connectivity index (χ3n) is 4.15. The summed E-state index contributed by atoms with van der Waals surface area (Å²) in [6.45, 7) is 10.3. The van der Waals surface area contributed by atoms with Gasteiger partial charge in [-0.15, -0.1) is 0 Å². The SMILES string of the molecule is CCOC(=O)c1ccccc1C(F)(F)F.Cc1cc(I)c(C)c(C)c1C. The number of halogens is 4. The van der Waals surface area contributed by atoms with Gasteiger partial charge in [0.05, 0.1) is 17.7 Å². The van der Waals surface area contributed by atoms with E-state index in [-0.39, 0.29) is 6.61 Å². The van der Waals surface area contributed by atoms with Crippen molar-refractivity contribution in [2.24, 2.45) is 0 Å². The van der Waals surface area contributed by atoms with Gasteiger partial charge in [-0.05, 0) is 97.7 Å². The Morgan fingerprint density at radius 3 is 2.15 bits per heavy atom. The van der Waals surface area contributed by atoms with E-state index in [9.17, 15) is 18.0 Å². The van der Waals surface area contributed by atoms with E-state index in [2.05, 4.69) is 61.1 Å². The fourth-order valence-corrected chi connectivity index (χ4v) is 3.15. The van der Waals surface area contributed by atoms with E-state index in [1.165, 1.54) is 44.9 Å². The Bertz CT molecular complexity index is 757. The topological polar surface area (TPSA) is 26.3 Å². The van der Waals surface area contributed by atoms with Crippen LogP contribution in [0.1, 0.15) is 45.1 Å². The molecule has 0 N–H and O–H groups in total. The van der Waals surface area contributed by atoms with Crippen molar-refractivity contribution < 1.29 is 22.7 Å². The molecule has 2 nitrogen and oxygen atoms in total. The van der Waals surface area contributed by atoms with Crippen LogP contribution in [0.2, 0.25) is 0 Å². The monoisotopic (exact) mass is 478 g/mol. The van der Waals surface area contributed by atoms with Crippen LogP contribution < -0.4 is 0 Å². The minimum atomic E-state index is -4.54. The number of benzene rings is 2. The van der Waals surface area contributed by atoms with E-state index in [1.807, 2.05) is 0 Å². The van der Waals surface area contributed by atoms with Gasteiger partial charge in [0, 0.05) is 3.57 Å². The summed E-state index contributed by atoms with van der Waals surface area (Å²) >= 11 is 2.39. The summed E-state index contributed by atoms with van der Waals surface area (Å²) in [5.41, 5.74) is 4.28. The summed E-state index contributed by atoms with van der Waals surface area (Å²) in [5, 5.41) is 0. The number of aryl methyl sites for hydroxylation is 1. The fraction of sp³-hybridized carbons (Fsp3) is 0.350. The van der Waals surface area contributed by atoms with Gasteiger partial charge in [-0.25, -0.2) is 4.79 Å². The molecular formula is C20H22F3IO2. The Labute approximate surface area is 165 Å². The van der Waals surface area contributed by atoms with Crippen molar-refractivity contribution >= 4 is 28.6 Å². The molecule has 0 unspecified atom stereocenters. The lowest BCUT2D eigenvalue weighted by molar-refractivity contribution is -0.138. The number of hydrogen-bond acceptors (Lipinski definition) is 2. The van der Waals surface area contributed by atoms with Gasteiger partial charge < -0.3 is 4.74 Å². The molecule has 0 amide bonds. The zero-order chi connectivity index (χ0) is 20.1. The van der Waals surface area contributed by atoms with Gasteiger partial charge in [-0.2, -0.15) is 13.2 Å². The Kier molecular flexibility index (Phi) is 8.12. The summed E-state index contributed by atoms with van der Waals surface area (Å²) in [4.78, 5) is 11.2. The lowest BCUT2D eigenvalue weighted by Gasteiger charge is -2.11. The largest absolute Gasteiger partial charge is 0.462 e. The first-order chi connectivity index (χ1) is 12.0. The zero-order valence-corrected chi connectivity index (χ0v) is 17.6. The van der Waals surface area contributed by atoms with Crippen molar-refractivity contribution in [2.45, 2.75) is 40.8 Å². The molecule has 2 rings (SSSR count). The average molecular weight is 478 g/mol. The summed E-state index contributed by atoms with van der Waals surface area (Å²) in [5.74, 6) is -0.953. The van der Waals surface area contributed by atoms with Crippen molar-refractivity contribution in [3.8, 4) is 0 Å². The standard InChI is InChI=1S/C10H9F3O2.C10H13I/c1-2-15-9(14)7-5-3-4-6-8(7)10(11,12)13;1-6-5-10(11)9(4)8(3)7(6)2/h3-6H,2H2,1H3;5H,1-4H3. The van der Waals surface area contributed by atoms with E-state index < -0.39 is 23.3 Å². The Hall–Kier alpha value is -1.57. The highest BCUT2D eigenvalue weighted by Gasteiger charge is 2.35. The van der Waals surface area contributed by atoms with Crippen molar-refractivity contribution in [1.82, 2.24) is 0 Å². The molecule has 26 heavy (non-hydrogen) atoms. The second kappa shape index (κ2) is 9.39. The van der Waals surface area contributed by atoms with E-state index in [0.29, 0.717) is 0 Å². The molecule has 0 saturated carbocycles. The summed E-state index contributed by atoms with van der Waals surface area (Å²) in [7, 11) is 0. The van der Waals surface area contributed by atoms with Gasteiger partial charge in [-0.1, -0.05) is 12.1 Å². The summed E-state index contributed by atoms with van der Waals surface area (Å²) in [6.07, 6.45) is -4.54. The zero-order valence-electron chi connectivity index (χ0n) is 15.4. The number of carbonyl (C=O) groups excluding carboxylic acids is 1. The number of ether oxygens (including phenoxy) is 1. The lowest BCUT2D eigenvalue weighted by Crippen LogP contribution is -2.14. The molecule has 6 heteroatoms. The maximum Gasteiger partial charge on any atom is 0.417 e. The van der Waals surface area contributed by atoms with Crippen molar-refractivity contribution in [3.63, 3.8) is 0 Å². The van der Waals surface area contributed by atoms with Crippen LogP contribution in [0.15, 0.2) is 30.3 Å². The molecular weight excluding hydrogens is 456 g/mol. The van der Waals surface area contributed by atoms with E-state index >= 15 is 0 Å². The first kappa shape index (κ1) is 22.5. The lowest BCUT2D eigenvalue weighted by atomic mass is 10.0. The Morgan fingerprint density at radius 2 is 1.62 bits per heavy atom. The number of hydrogen-bond donors (Lipinski definition) is 0.